The summed E-state index contributed by atoms with van der Waals surface area (Å²) in [6.45, 7) is 2.48. The van der Waals surface area contributed by atoms with Crippen molar-refractivity contribution in [3.8, 4) is 5.75 Å². The zero-order valence-corrected chi connectivity index (χ0v) is 19.8. The molecule has 0 aliphatic rings. The van der Waals surface area contributed by atoms with Gasteiger partial charge in [0, 0.05) is 23.9 Å². The number of hydrogen-bond donors (Lipinski definition) is 3. The second-order valence-electron chi connectivity index (χ2n) is 7.91. The van der Waals surface area contributed by atoms with Crippen LogP contribution in [0.4, 0.5) is 4.79 Å². The molecule has 0 saturated carbocycles. The molecule has 4 aromatic rings. The summed E-state index contributed by atoms with van der Waals surface area (Å²) < 4.78 is 11.0. The fraction of sp³-hybridized carbons (Fsp3) is 0.185. The number of carbonyl (C=O) groups excluding carboxylic acids is 2. The van der Waals surface area contributed by atoms with Crippen molar-refractivity contribution in [3.05, 3.63) is 96.1 Å². The van der Waals surface area contributed by atoms with Crippen molar-refractivity contribution in [1.82, 2.24) is 20.7 Å². The lowest BCUT2D eigenvalue weighted by Gasteiger charge is -2.16. The molecule has 0 bridgehead atoms. The van der Waals surface area contributed by atoms with E-state index in [1.165, 1.54) is 6.33 Å². The Morgan fingerprint density at radius 2 is 1.89 bits per heavy atom. The Bertz CT molecular complexity index is 1320. The number of rotatable bonds is 10. The number of nitrogens with one attached hydrogen (secondary N) is 3. The molecule has 0 aliphatic carbocycles. The molecule has 1 aromatic heterocycles. The Kier molecular flexibility index (Phi) is 8.27. The molecule has 0 fully saturated rings. The van der Waals surface area contributed by atoms with E-state index in [1.54, 1.807) is 12.4 Å². The van der Waals surface area contributed by atoms with Gasteiger partial charge < -0.3 is 19.8 Å². The first-order chi connectivity index (χ1) is 17.6. The third-order valence-corrected chi connectivity index (χ3v) is 5.40. The van der Waals surface area contributed by atoms with Crippen LogP contribution in [0.2, 0.25) is 0 Å². The molecule has 4 rings (SSSR count). The van der Waals surface area contributed by atoms with E-state index in [9.17, 15) is 9.59 Å². The highest BCUT2D eigenvalue weighted by atomic mass is 16.5. The molecule has 9 heteroatoms. The molecular weight excluding hydrogens is 458 g/mol. The molecule has 184 valence electrons. The highest BCUT2D eigenvalue weighted by molar-refractivity contribution is 6.02. The number of H-pyrrole nitrogens is 1. The number of carbonyl (C=O) groups is 2. The summed E-state index contributed by atoms with van der Waals surface area (Å²) in [5.41, 5.74) is 4.79. The number of imidazole rings is 1. The van der Waals surface area contributed by atoms with Crippen LogP contribution in [-0.4, -0.2) is 40.8 Å². The Morgan fingerprint density at radius 1 is 1.08 bits per heavy atom. The predicted molar refractivity (Wildman–Crippen MR) is 137 cm³/mol. The van der Waals surface area contributed by atoms with Gasteiger partial charge >= 0.3 is 6.09 Å². The number of benzene rings is 3. The molecule has 1 heterocycles. The third kappa shape index (κ3) is 6.47. The number of hydrogen-bond acceptors (Lipinski definition) is 6. The van der Waals surface area contributed by atoms with Crippen molar-refractivity contribution in [3.63, 3.8) is 0 Å². The van der Waals surface area contributed by atoms with Crippen LogP contribution < -0.4 is 15.5 Å². The third-order valence-electron chi connectivity index (χ3n) is 5.40. The Labute approximate surface area is 208 Å². The monoisotopic (exact) mass is 485 g/mol. The van der Waals surface area contributed by atoms with E-state index in [0.717, 1.165) is 21.9 Å². The Hall–Kier alpha value is -4.66. The van der Waals surface area contributed by atoms with Gasteiger partial charge in [0.2, 0.25) is 0 Å². The van der Waals surface area contributed by atoms with Gasteiger partial charge in [-0.05, 0) is 29.3 Å². The average molecular weight is 486 g/mol. The van der Waals surface area contributed by atoms with Gasteiger partial charge in [-0.3, -0.25) is 4.79 Å². The molecule has 0 spiro atoms. The van der Waals surface area contributed by atoms with Crippen molar-refractivity contribution in [2.45, 2.75) is 26.0 Å². The van der Waals surface area contributed by atoms with Crippen molar-refractivity contribution < 1.29 is 19.1 Å². The first-order valence-corrected chi connectivity index (χ1v) is 11.6. The standard InChI is InChI=1S/C27H27N5O4/c1-2-35-25-13-12-20-10-6-7-11-22(20)23(25)16-30-32-26(33)24(14-21-15-28-18-29-21)31-27(34)36-17-19-8-4-3-5-9-19/h3-13,15-16,18,24H,2,14,17H2,1H3,(H,28,29)(H,31,34)(H,32,33)/b30-16-/t24-/m1/s1. The lowest BCUT2D eigenvalue weighted by atomic mass is 10.0. The van der Waals surface area contributed by atoms with Crippen molar-refractivity contribution >= 4 is 29.0 Å². The largest absolute Gasteiger partial charge is 0.493 e. The normalized spacial score (nSPS) is 11.8. The number of nitrogens with zero attached hydrogens (tertiary/aromatic N) is 2. The molecule has 9 nitrogen and oxygen atoms in total. The highest BCUT2D eigenvalue weighted by Crippen LogP contribution is 2.26. The highest BCUT2D eigenvalue weighted by Gasteiger charge is 2.22. The lowest BCUT2D eigenvalue weighted by molar-refractivity contribution is -0.123. The number of aromatic amines is 1. The van der Waals surface area contributed by atoms with Gasteiger partial charge in [0.05, 0.1) is 19.1 Å². The maximum absolute atomic E-state index is 13.0. The minimum atomic E-state index is -0.940. The number of hydrazone groups is 1. The van der Waals surface area contributed by atoms with Gasteiger partial charge in [-0.25, -0.2) is 15.2 Å². The number of ether oxygens (including phenoxy) is 2. The van der Waals surface area contributed by atoms with E-state index in [1.807, 2.05) is 73.7 Å². The number of alkyl carbamates (subject to hydrolysis) is 1. The molecule has 1 atom stereocenters. The van der Waals surface area contributed by atoms with E-state index >= 15 is 0 Å². The maximum atomic E-state index is 13.0. The lowest BCUT2D eigenvalue weighted by Crippen LogP contribution is -2.47. The Balaban J connectivity index is 1.46. The first-order valence-electron chi connectivity index (χ1n) is 11.6. The van der Waals surface area contributed by atoms with E-state index in [-0.39, 0.29) is 13.0 Å². The van der Waals surface area contributed by atoms with Gasteiger partial charge in [-0.1, -0.05) is 60.7 Å². The van der Waals surface area contributed by atoms with E-state index < -0.39 is 18.0 Å². The number of amides is 2. The molecule has 0 unspecified atom stereocenters. The van der Waals surface area contributed by atoms with Crippen LogP contribution in [0.5, 0.6) is 5.75 Å². The predicted octanol–water partition coefficient (Wildman–Crippen LogP) is 3.95. The summed E-state index contributed by atoms with van der Waals surface area (Å²) in [6, 6.07) is 20.0. The van der Waals surface area contributed by atoms with Crippen LogP contribution in [0.15, 0.2) is 84.4 Å². The molecule has 0 radical (unpaired) electrons. The maximum Gasteiger partial charge on any atom is 0.408 e. The van der Waals surface area contributed by atoms with Gasteiger partial charge in [0.1, 0.15) is 18.4 Å². The molecule has 2 amide bonds. The van der Waals surface area contributed by atoms with Crippen LogP contribution in [0.1, 0.15) is 23.7 Å². The van der Waals surface area contributed by atoms with Crippen LogP contribution in [0, 0.1) is 0 Å². The van der Waals surface area contributed by atoms with E-state index in [2.05, 4.69) is 25.8 Å². The fourth-order valence-corrected chi connectivity index (χ4v) is 3.66. The van der Waals surface area contributed by atoms with Gasteiger partial charge in [0.15, 0.2) is 0 Å². The van der Waals surface area contributed by atoms with Crippen molar-refractivity contribution in [1.29, 1.82) is 0 Å². The summed E-state index contributed by atoms with van der Waals surface area (Å²) >= 11 is 0. The first kappa shape index (κ1) is 24.5. The zero-order valence-electron chi connectivity index (χ0n) is 19.8. The quantitative estimate of drug-likeness (QED) is 0.232. The van der Waals surface area contributed by atoms with Crippen LogP contribution in [0.3, 0.4) is 0 Å². The minimum absolute atomic E-state index is 0.0878. The summed E-state index contributed by atoms with van der Waals surface area (Å²) in [5, 5.41) is 8.74. The second kappa shape index (κ2) is 12.2. The number of fused-ring (bicyclic) bond motifs is 1. The SMILES string of the molecule is CCOc1ccc2ccccc2c1/C=N\NC(=O)[C@@H](Cc1cnc[nH]1)NC(=O)OCc1ccccc1. The van der Waals surface area contributed by atoms with Crippen LogP contribution in [-0.2, 0) is 22.6 Å². The summed E-state index contributed by atoms with van der Waals surface area (Å²) in [6.07, 6.45) is 4.11. The van der Waals surface area contributed by atoms with Gasteiger partial charge in [-0.2, -0.15) is 5.10 Å². The molecule has 36 heavy (non-hydrogen) atoms. The Morgan fingerprint density at radius 3 is 2.67 bits per heavy atom. The summed E-state index contributed by atoms with van der Waals surface area (Å²) in [7, 11) is 0. The molecular formula is C27H27N5O4. The van der Waals surface area contributed by atoms with Crippen LogP contribution >= 0.6 is 0 Å². The van der Waals surface area contributed by atoms with E-state index in [4.69, 9.17) is 9.47 Å². The smallest absolute Gasteiger partial charge is 0.408 e. The minimum Gasteiger partial charge on any atom is -0.493 e. The zero-order chi connectivity index (χ0) is 25.2. The van der Waals surface area contributed by atoms with Gasteiger partial charge in [-0.15, -0.1) is 0 Å². The van der Waals surface area contributed by atoms with E-state index in [0.29, 0.717) is 18.1 Å². The van der Waals surface area contributed by atoms with Crippen LogP contribution in [0.25, 0.3) is 10.8 Å². The molecule has 3 aromatic carbocycles. The van der Waals surface area contributed by atoms with Crippen molar-refractivity contribution in [2.24, 2.45) is 5.10 Å². The molecule has 3 N–H and O–H groups in total. The second-order valence-corrected chi connectivity index (χ2v) is 7.91. The average Bonchev–Trinajstić information content (AvgIpc) is 3.42. The fourth-order valence-electron chi connectivity index (χ4n) is 3.66. The topological polar surface area (TPSA) is 118 Å². The van der Waals surface area contributed by atoms with Crippen molar-refractivity contribution in [2.75, 3.05) is 6.61 Å². The van der Waals surface area contributed by atoms with Gasteiger partial charge in [0.25, 0.3) is 5.91 Å². The number of aromatic nitrogens is 2. The molecule has 0 saturated heterocycles. The molecule has 0 aliphatic heterocycles. The summed E-state index contributed by atoms with van der Waals surface area (Å²) in [5.74, 6) is 0.154. The summed E-state index contributed by atoms with van der Waals surface area (Å²) in [4.78, 5) is 32.3.